The van der Waals surface area contributed by atoms with Crippen molar-refractivity contribution < 1.29 is 8.42 Å². The van der Waals surface area contributed by atoms with E-state index in [4.69, 9.17) is 0 Å². The van der Waals surface area contributed by atoms with E-state index in [0.29, 0.717) is 5.82 Å². The number of nitrogens with zero attached hydrogens (tertiary/aromatic N) is 3. The van der Waals surface area contributed by atoms with Crippen LogP contribution < -0.4 is 10.0 Å². The van der Waals surface area contributed by atoms with Gasteiger partial charge in [-0.25, -0.2) is 13.1 Å². The Labute approximate surface area is 113 Å². The summed E-state index contributed by atoms with van der Waals surface area (Å²) in [7, 11) is -3.24. The highest BCUT2D eigenvalue weighted by Crippen LogP contribution is 2.13. The third-order valence-electron chi connectivity index (χ3n) is 3.40. The molecule has 1 aromatic heterocycles. The second-order valence-corrected chi connectivity index (χ2v) is 6.68. The third kappa shape index (κ3) is 4.26. The molecule has 0 saturated carbocycles. The van der Waals surface area contributed by atoms with Crippen LogP contribution in [0, 0.1) is 5.92 Å². The highest BCUT2D eigenvalue weighted by Gasteiger charge is 2.21. The SMILES string of the molecule is CCn1cnnc1CNS(=O)(=O)CC1CCNCC1. The highest BCUT2D eigenvalue weighted by molar-refractivity contribution is 7.89. The fourth-order valence-electron chi connectivity index (χ4n) is 2.27. The summed E-state index contributed by atoms with van der Waals surface area (Å²) in [6, 6.07) is 0. The Kier molecular flexibility index (Phi) is 4.89. The summed E-state index contributed by atoms with van der Waals surface area (Å²) in [5, 5.41) is 10.9. The fraction of sp³-hybridized carbons (Fsp3) is 0.818. The molecule has 0 bridgehead atoms. The molecule has 1 aliphatic rings. The van der Waals surface area contributed by atoms with E-state index in [1.807, 2.05) is 11.5 Å². The van der Waals surface area contributed by atoms with Crippen LogP contribution in [0.4, 0.5) is 0 Å². The largest absolute Gasteiger partial charge is 0.317 e. The molecule has 2 rings (SSSR count). The average molecular weight is 287 g/mol. The molecule has 1 saturated heterocycles. The van der Waals surface area contributed by atoms with Crippen LogP contribution in [0.5, 0.6) is 0 Å². The number of hydrogen-bond acceptors (Lipinski definition) is 5. The maximum absolute atomic E-state index is 12.0. The topological polar surface area (TPSA) is 88.9 Å². The number of sulfonamides is 1. The van der Waals surface area contributed by atoms with Gasteiger partial charge in [-0.3, -0.25) is 0 Å². The van der Waals surface area contributed by atoms with Crippen molar-refractivity contribution in [3.05, 3.63) is 12.2 Å². The minimum absolute atomic E-state index is 0.203. The van der Waals surface area contributed by atoms with Gasteiger partial charge in [-0.05, 0) is 38.8 Å². The van der Waals surface area contributed by atoms with E-state index >= 15 is 0 Å². The normalized spacial score (nSPS) is 17.7. The molecular weight excluding hydrogens is 266 g/mol. The molecule has 8 heteroatoms. The summed E-state index contributed by atoms with van der Waals surface area (Å²) >= 11 is 0. The first-order chi connectivity index (χ1) is 9.11. The van der Waals surface area contributed by atoms with Crippen LogP contribution in [0.3, 0.4) is 0 Å². The molecule has 1 aromatic rings. The number of hydrogen-bond donors (Lipinski definition) is 2. The maximum atomic E-state index is 12.0. The molecule has 0 spiro atoms. The number of nitrogens with one attached hydrogen (secondary N) is 2. The van der Waals surface area contributed by atoms with E-state index in [9.17, 15) is 8.42 Å². The third-order valence-corrected chi connectivity index (χ3v) is 4.89. The first kappa shape index (κ1) is 14.4. The molecule has 0 aromatic carbocycles. The Morgan fingerprint density at radius 2 is 2.21 bits per heavy atom. The zero-order chi connectivity index (χ0) is 13.7. The van der Waals surface area contributed by atoms with E-state index in [1.54, 1.807) is 6.33 Å². The summed E-state index contributed by atoms with van der Waals surface area (Å²) in [4.78, 5) is 0. The molecule has 0 aliphatic carbocycles. The van der Waals surface area contributed by atoms with Crippen LogP contribution in [-0.4, -0.2) is 42.0 Å². The molecule has 0 unspecified atom stereocenters. The Bertz CT molecular complexity index is 493. The van der Waals surface area contributed by atoms with Crippen molar-refractivity contribution in [1.29, 1.82) is 0 Å². The second kappa shape index (κ2) is 6.44. The van der Waals surface area contributed by atoms with Crippen molar-refractivity contribution in [3.63, 3.8) is 0 Å². The molecule has 0 amide bonds. The molecule has 19 heavy (non-hydrogen) atoms. The number of aromatic nitrogens is 3. The van der Waals surface area contributed by atoms with E-state index < -0.39 is 10.0 Å². The van der Waals surface area contributed by atoms with Crippen molar-refractivity contribution in [2.24, 2.45) is 5.92 Å². The first-order valence-corrected chi connectivity index (χ1v) is 8.30. The number of piperidine rings is 1. The summed E-state index contributed by atoms with van der Waals surface area (Å²) in [5.41, 5.74) is 0. The van der Waals surface area contributed by atoms with Crippen LogP contribution in [-0.2, 0) is 23.1 Å². The van der Waals surface area contributed by atoms with Gasteiger partial charge in [-0.15, -0.1) is 10.2 Å². The molecule has 0 radical (unpaired) electrons. The standard InChI is InChI=1S/C11H21N5O2S/c1-2-16-9-13-15-11(16)7-14-19(17,18)8-10-3-5-12-6-4-10/h9-10,12,14H,2-8H2,1H3. The van der Waals surface area contributed by atoms with Gasteiger partial charge in [0.2, 0.25) is 10.0 Å². The molecule has 2 N–H and O–H groups in total. The summed E-state index contributed by atoms with van der Waals surface area (Å²) in [6.07, 6.45) is 3.45. The maximum Gasteiger partial charge on any atom is 0.212 e. The lowest BCUT2D eigenvalue weighted by Crippen LogP contribution is -2.35. The van der Waals surface area contributed by atoms with Crippen molar-refractivity contribution in [2.75, 3.05) is 18.8 Å². The molecular formula is C11H21N5O2S. The molecule has 2 heterocycles. The van der Waals surface area contributed by atoms with E-state index in [-0.39, 0.29) is 18.2 Å². The van der Waals surface area contributed by atoms with Gasteiger partial charge in [0, 0.05) is 6.54 Å². The van der Waals surface area contributed by atoms with Crippen LogP contribution >= 0.6 is 0 Å². The average Bonchev–Trinajstić information content (AvgIpc) is 2.84. The Hall–Kier alpha value is -0.990. The molecule has 1 fully saturated rings. The van der Waals surface area contributed by atoms with Crippen molar-refractivity contribution >= 4 is 10.0 Å². The van der Waals surface area contributed by atoms with Gasteiger partial charge in [0.25, 0.3) is 0 Å². The Morgan fingerprint density at radius 1 is 1.47 bits per heavy atom. The van der Waals surface area contributed by atoms with Crippen LogP contribution in [0.25, 0.3) is 0 Å². The van der Waals surface area contributed by atoms with E-state index in [0.717, 1.165) is 32.5 Å². The lowest BCUT2D eigenvalue weighted by molar-refractivity contribution is 0.400. The lowest BCUT2D eigenvalue weighted by Gasteiger charge is -2.22. The lowest BCUT2D eigenvalue weighted by atomic mass is 10.0. The quantitative estimate of drug-likeness (QED) is 0.751. The monoisotopic (exact) mass is 287 g/mol. The van der Waals surface area contributed by atoms with Gasteiger partial charge in [0.15, 0.2) is 0 Å². The van der Waals surface area contributed by atoms with Crippen molar-refractivity contribution in [3.8, 4) is 0 Å². The molecule has 0 atom stereocenters. The Morgan fingerprint density at radius 3 is 2.89 bits per heavy atom. The number of rotatable bonds is 6. The molecule has 1 aliphatic heterocycles. The first-order valence-electron chi connectivity index (χ1n) is 6.65. The predicted octanol–water partition coefficient (Wildman–Crippen LogP) is -0.283. The van der Waals surface area contributed by atoms with Crippen molar-refractivity contribution in [1.82, 2.24) is 24.8 Å². The highest BCUT2D eigenvalue weighted by atomic mass is 32.2. The molecule has 108 valence electrons. The van der Waals surface area contributed by atoms with Crippen molar-refractivity contribution in [2.45, 2.75) is 32.9 Å². The number of aryl methyl sites for hydroxylation is 1. The Balaban J connectivity index is 1.86. The van der Waals surface area contributed by atoms with Crippen LogP contribution in [0.2, 0.25) is 0 Å². The van der Waals surface area contributed by atoms with E-state index in [2.05, 4.69) is 20.2 Å². The van der Waals surface area contributed by atoms with Gasteiger partial charge in [-0.1, -0.05) is 0 Å². The summed E-state index contributed by atoms with van der Waals surface area (Å²) in [6.45, 7) is 4.73. The smallest absolute Gasteiger partial charge is 0.212 e. The van der Waals surface area contributed by atoms with Gasteiger partial charge >= 0.3 is 0 Å². The minimum Gasteiger partial charge on any atom is -0.317 e. The van der Waals surface area contributed by atoms with Gasteiger partial charge < -0.3 is 9.88 Å². The zero-order valence-corrected chi connectivity index (χ0v) is 12.0. The zero-order valence-electron chi connectivity index (χ0n) is 11.2. The molecule has 7 nitrogen and oxygen atoms in total. The van der Waals surface area contributed by atoms with Gasteiger partial charge in [0.1, 0.15) is 12.2 Å². The van der Waals surface area contributed by atoms with Crippen LogP contribution in [0.1, 0.15) is 25.6 Å². The summed E-state index contributed by atoms with van der Waals surface area (Å²) in [5.74, 6) is 1.11. The summed E-state index contributed by atoms with van der Waals surface area (Å²) < 4.78 is 28.4. The minimum atomic E-state index is -3.24. The van der Waals surface area contributed by atoms with Gasteiger partial charge in [-0.2, -0.15) is 0 Å². The fourth-order valence-corrected chi connectivity index (χ4v) is 3.69. The van der Waals surface area contributed by atoms with Crippen LogP contribution in [0.15, 0.2) is 6.33 Å². The second-order valence-electron chi connectivity index (χ2n) is 4.83. The predicted molar refractivity (Wildman–Crippen MR) is 71.9 cm³/mol. The van der Waals surface area contributed by atoms with Gasteiger partial charge in [0.05, 0.1) is 12.3 Å². The van der Waals surface area contributed by atoms with E-state index in [1.165, 1.54) is 0 Å².